The van der Waals surface area contributed by atoms with Gasteiger partial charge in [-0.25, -0.2) is 4.98 Å². The highest BCUT2D eigenvalue weighted by Gasteiger charge is 2.13. The Morgan fingerprint density at radius 2 is 2.04 bits per heavy atom. The molecule has 128 valence electrons. The number of thiazole rings is 1. The minimum atomic E-state index is -0.122. The SMILES string of the molecule is COc1ccccc1-c1csc2nc(C=Cc3cccnc3)cc(=O)n12. The largest absolute Gasteiger partial charge is 0.496 e. The van der Waals surface area contributed by atoms with Gasteiger partial charge in [0.25, 0.3) is 5.56 Å². The lowest BCUT2D eigenvalue weighted by molar-refractivity contribution is 0.416. The number of fused-ring (bicyclic) bond motifs is 1. The van der Waals surface area contributed by atoms with Crippen molar-refractivity contribution in [2.45, 2.75) is 0 Å². The molecule has 0 radical (unpaired) electrons. The fourth-order valence-electron chi connectivity index (χ4n) is 2.72. The molecule has 4 aromatic rings. The van der Waals surface area contributed by atoms with Crippen LogP contribution >= 0.6 is 11.3 Å². The van der Waals surface area contributed by atoms with Gasteiger partial charge in [-0.1, -0.05) is 24.3 Å². The van der Waals surface area contributed by atoms with Gasteiger partial charge in [0.1, 0.15) is 5.75 Å². The van der Waals surface area contributed by atoms with Crippen molar-refractivity contribution in [3.8, 4) is 17.0 Å². The molecule has 0 bridgehead atoms. The Bertz CT molecular complexity index is 1150. The van der Waals surface area contributed by atoms with Gasteiger partial charge in [-0.2, -0.15) is 0 Å². The molecule has 5 nitrogen and oxygen atoms in total. The number of hydrogen-bond donors (Lipinski definition) is 0. The number of benzene rings is 1. The first-order valence-corrected chi connectivity index (χ1v) is 8.87. The molecule has 0 saturated heterocycles. The van der Waals surface area contributed by atoms with E-state index in [4.69, 9.17) is 4.74 Å². The maximum atomic E-state index is 12.7. The first-order valence-electron chi connectivity index (χ1n) is 7.99. The highest BCUT2D eigenvalue weighted by atomic mass is 32.1. The number of hydrogen-bond acceptors (Lipinski definition) is 5. The molecule has 26 heavy (non-hydrogen) atoms. The topological polar surface area (TPSA) is 56.5 Å². The molecule has 0 amide bonds. The highest BCUT2D eigenvalue weighted by Crippen LogP contribution is 2.31. The van der Waals surface area contributed by atoms with Gasteiger partial charge in [0, 0.05) is 29.4 Å². The maximum absolute atomic E-state index is 12.7. The molecule has 0 unspecified atom stereocenters. The molecule has 0 aliphatic rings. The smallest absolute Gasteiger partial charge is 0.259 e. The van der Waals surface area contributed by atoms with Crippen LogP contribution in [0.15, 0.2) is 65.0 Å². The van der Waals surface area contributed by atoms with Crippen molar-refractivity contribution in [3.63, 3.8) is 0 Å². The summed E-state index contributed by atoms with van der Waals surface area (Å²) in [5.41, 5.74) is 3.09. The van der Waals surface area contributed by atoms with Crippen LogP contribution in [0.5, 0.6) is 5.75 Å². The third-order valence-corrected chi connectivity index (χ3v) is 4.76. The Labute approximate surface area is 153 Å². The molecule has 0 spiro atoms. The lowest BCUT2D eigenvalue weighted by Gasteiger charge is -2.07. The average Bonchev–Trinajstić information content (AvgIpc) is 3.11. The number of aromatic nitrogens is 3. The second-order valence-electron chi connectivity index (χ2n) is 5.58. The Morgan fingerprint density at radius 3 is 2.85 bits per heavy atom. The van der Waals surface area contributed by atoms with Gasteiger partial charge < -0.3 is 4.74 Å². The van der Waals surface area contributed by atoms with E-state index in [-0.39, 0.29) is 5.56 Å². The summed E-state index contributed by atoms with van der Waals surface area (Å²) in [5.74, 6) is 0.722. The molecular formula is C20H15N3O2S. The van der Waals surface area contributed by atoms with Gasteiger partial charge in [0.2, 0.25) is 0 Å². The van der Waals surface area contributed by atoms with E-state index in [1.807, 2.05) is 53.9 Å². The van der Waals surface area contributed by atoms with Crippen molar-refractivity contribution in [1.29, 1.82) is 0 Å². The van der Waals surface area contributed by atoms with E-state index in [9.17, 15) is 4.79 Å². The molecule has 3 heterocycles. The monoisotopic (exact) mass is 361 g/mol. The normalized spacial score (nSPS) is 11.3. The zero-order valence-corrected chi connectivity index (χ0v) is 14.8. The van der Waals surface area contributed by atoms with Crippen LogP contribution in [0.1, 0.15) is 11.3 Å². The van der Waals surface area contributed by atoms with Crippen LogP contribution in [-0.2, 0) is 0 Å². The summed E-state index contributed by atoms with van der Waals surface area (Å²) in [6.07, 6.45) is 7.19. The van der Waals surface area contributed by atoms with Gasteiger partial charge in [-0.15, -0.1) is 11.3 Å². The van der Waals surface area contributed by atoms with Crippen molar-refractivity contribution in [2.75, 3.05) is 7.11 Å². The predicted molar refractivity (Wildman–Crippen MR) is 104 cm³/mol. The Morgan fingerprint density at radius 1 is 1.15 bits per heavy atom. The summed E-state index contributed by atoms with van der Waals surface area (Å²) in [6, 6.07) is 13.0. The third-order valence-electron chi connectivity index (χ3n) is 3.94. The first-order chi connectivity index (χ1) is 12.8. The quantitative estimate of drug-likeness (QED) is 0.551. The van der Waals surface area contributed by atoms with Crippen molar-refractivity contribution in [2.24, 2.45) is 0 Å². The molecule has 1 aromatic carbocycles. The van der Waals surface area contributed by atoms with Crippen LogP contribution < -0.4 is 10.3 Å². The zero-order chi connectivity index (χ0) is 17.9. The van der Waals surface area contributed by atoms with Gasteiger partial charge in [0.05, 0.1) is 18.5 Å². The molecule has 0 aliphatic carbocycles. The zero-order valence-electron chi connectivity index (χ0n) is 14.0. The molecular weight excluding hydrogens is 346 g/mol. The summed E-state index contributed by atoms with van der Waals surface area (Å²) in [4.78, 5) is 22.0. The van der Waals surface area contributed by atoms with Gasteiger partial charge in [0.15, 0.2) is 4.96 Å². The molecule has 0 atom stereocenters. The van der Waals surface area contributed by atoms with E-state index in [1.165, 1.54) is 17.4 Å². The van der Waals surface area contributed by atoms with Crippen LogP contribution in [-0.4, -0.2) is 21.5 Å². The van der Waals surface area contributed by atoms with E-state index in [0.717, 1.165) is 22.6 Å². The summed E-state index contributed by atoms with van der Waals surface area (Å²) >= 11 is 1.43. The number of ether oxygens (including phenoxy) is 1. The summed E-state index contributed by atoms with van der Waals surface area (Å²) in [7, 11) is 1.62. The molecule has 4 rings (SSSR count). The maximum Gasteiger partial charge on any atom is 0.259 e. The Hall–Kier alpha value is -3.25. The van der Waals surface area contributed by atoms with Crippen LogP contribution in [0.25, 0.3) is 28.4 Å². The van der Waals surface area contributed by atoms with E-state index in [2.05, 4.69) is 9.97 Å². The first kappa shape index (κ1) is 16.2. The highest BCUT2D eigenvalue weighted by molar-refractivity contribution is 7.15. The second kappa shape index (κ2) is 6.93. The van der Waals surface area contributed by atoms with Gasteiger partial charge >= 0.3 is 0 Å². The fraction of sp³-hybridized carbons (Fsp3) is 0.0500. The van der Waals surface area contributed by atoms with E-state index >= 15 is 0 Å². The molecule has 0 fully saturated rings. The van der Waals surface area contributed by atoms with Crippen molar-refractivity contribution in [1.82, 2.24) is 14.4 Å². The third kappa shape index (κ3) is 3.02. The van der Waals surface area contributed by atoms with E-state index < -0.39 is 0 Å². The Balaban J connectivity index is 1.79. The van der Waals surface area contributed by atoms with E-state index in [0.29, 0.717) is 10.7 Å². The number of nitrogens with zero attached hydrogens (tertiary/aromatic N) is 3. The molecule has 0 saturated carbocycles. The van der Waals surface area contributed by atoms with Crippen LogP contribution in [0, 0.1) is 0 Å². The lowest BCUT2D eigenvalue weighted by Crippen LogP contribution is -2.14. The Kier molecular flexibility index (Phi) is 4.33. The van der Waals surface area contributed by atoms with Gasteiger partial charge in [-0.05, 0) is 29.8 Å². The summed E-state index contributed by atoms with van der Waals surface area (Å²) in [5, 5.41) is 1.93. The molecule has 6 heteroatoms. The summed E-state index contributed by atoms with van der Waals surface area (Å²) in [6.45, 7) is 0. The summed E-state index contributed by atoms with van der Waals surface area (Å²) < 4.78 is 7.04. The predicted octanol–water partition coefficient (Wildman–Crippen LogP) is 4.00. The number of methoxy groups -OCH3 is 1. The minimum Gasteiger partial charge on any atom is -0.496 e. The number of rotatable bonds is 4. The fourth-order valence-corrected chi connectivity index (χ4v) is 3.62. The standard InChI is InChI=1S/C20H15N3O2S/c1-25-18-7-3-2-6-16(18)17-13-26-20-22-15(11-19(24)23(17)20)9-8-14-5-4-10-21-12-14/h2-13H,1H3. The van der Waals surface area contributed by atoms with E-state index in [1.54, 1.807) is 23.9 Å². The van der Waals surface area contributed by atoms with Crippen LogP contribution in [0.4, 0.5) is 0 Å². The average molecular weight is 361 g/mol. The molecule has 3 aromatic heterocycles. The van der Waals surface area contributed by atoms with Crippen molar-refractivity contribution in [3.05, 3.63) is 81.8 Å². The number of para-hydroxylation sites is 1. The van der Waals surface area contributed by atoms with Crippen LogP contribution in [0.3, 0.4) is 0 Å². The second-order valence-corrected chi connectivity index (χ2v) is 6.41. The molecule has 0 N–H and O–H groups in total. The van der Waals surface area contributed by atoms with Crippen molar-refractivity contribution >= 4 is 28.4 Å². The van der Waals surface area contributed by atoms with Crippen LogP contribution in [0.2, 0.25) is 0 Å². The van der Waals surface area contributed by atoms with Gasteiger partial charge in [-0.3, -0.25) is 14.2 Å². The minimum absolute atomic E-state index is 0.122. The molecule has 0 aliphatic heterocycles. The number of pyridine rings is 1. The lowest BCUT2D eigenvalue weighted by atomic mass is 10.1. The van der Waals surface area contributed by atoms with Crippen molar-refractivity contribution < 1.29 is 4.74 Å².